The molecular formula is C13H20N2O4. The van der Waals surface area contributed by atoms with Crippen LogP contribution in [0.15, 0.2) is 18.2 Å². The van der Waals surface area contributed by atoms with Gasteiger partial charge in [0.15, 0.2) is 0 Å². The summed E-state index contributed by atoms with van der Waals surface area (Å²) in [6, 6.07) is 4.37. The Bertz CT molecular complexity index is 454. The molecule has 106 valence electrons. The molecule has 5 N–H and O–H groups in total. The molecule has 0 aliphatic rings. The lowest BCUT2D eigenvalue weighted by atomic mass is 10.1. The van der Waals surface area contributed by atoms with E-state index < -0.39 is 17.8 Å². The van der Waals surface area contributed by atoms with E-state index in [-0.39, 0.29) is 18.0 Å². The van der Waals surface area contributed by atoms with Crippen LogP contribution >= 0.6 is 0 Å². The van der Waals surface area contributed by atoms with Gasteiger partial charge >= 0.3 is 6.09 Å². The molecule has 1 atom stereocenters. The van der Waals surface area contributed by atoms with Crippen LogP contribution in [0.2, 0.25) is 0 Å². The van der Waals surface area contributed by atoms with E-state index in [0.29, 0.717) is 5.56 Å². The predicted molar refractivity (Wildman–Crippen MR) is 72.0 cm³/mol. The minimum Gasteiger partial charge on any atom is -0.506 e. The molecule has 0 aromatic heterocycles. The number of ether oxygens (including phenoxy) is 1. The van der Waals surface area contributed by atoms with Crippen LogP contribution < -0.4 is 11.1 Å². The van der Waals surface area contributed by atoms with Crippen molar-refractivity contribution in [1.29, 1.82) is 0 Å². The fourth-order valence-electron chi connectivity index (χ4n) is 1.41. The Kier molecular flexibility index (Phi) is 4.74. The lowest BCUT2D eigenvalue weighted by Gasteiger charge is -2.20. The second-order valence-electron chi connectivity index (χ2n) is 5.15. The summed E-state index contributed by atoms with van der Waals surface area (Å²) in [5, 5.41) is 21.7. The summed E-state index contributed by atoms with van der Waals surface area (Å²) in [4.78, 5) is 11.6. The van der Waals surface area contributed by atoms with Crippen molar-refractivity contribution in [3.8, 4) is 5.75 Å². The summed E-state index contributed by atoms with van der Waals surface area (Å²) in [6.07, 6.45) is -1.53. The van der Waals surface area contributed by atoms with E-state index in [2.05, 4.69) is 5.32 Å². The first-order chi connectivity index (χ1) is 8.73. The van der Waals surface area contributed by atoms with Gasteiger partial charge in [-0.1, -0.05) is 6.07 Å². The Balaban J connectivity index is 2.85. The van der Waals surface area contributed by atoms with Crippen LogP contribution in [0.25, 0.3) is 0 Å². The maximum Gasteiger partial charge on any atom is 0.412 e. The van der Waals surface area contributed by atoms with Gasteiger partial charge in [-0.2, -0.15) is 0 Å². The summed E-state index contributed by atoms with van der Waals surface area (Å²) in [5.74, 6) is -0.112. The van der Waals surface area contributed by atoms with Crippen molar-refractivity contribution >= 4 is 11.8 Å². The van der Waals surface area contributed by atoms with E-state index in [1.807, 2.05) is 0 Å². The molecule has 1 rings (SSSR count). The van der Waals surface area contributed by atoms with Gasteiger partial charge in [-0.05, 0) is 38.5 Å². The van der Waals surface area contributed by atoms with Crippen LogP contribution in [-0.4, -0.2) is 28.5 Å². The molecule has 19 heavy (non-hydrogen) atoms. The third-order valence-corrected chi connectivity index (χ3v) is 2.26. The number of hydrogen-bond donors (Lipinski definition) is 4. The van der Waals surface area contributed by atoms with E-state index in [9.17, 15) is 15.0 Å². The molecule has 0 fully saturated rings. The van der Waals surface area contributed by atoms with Crippen molar-refractivity contribution in [3.63, 3.8) is 0 Å². The molecule has 0 aliphatic carbocycles. The number of hydrogen-bond acceptors (Lipinski definition) is 5. The van der Waals surface area contributed by atoms with Gasteiger partial charge in [-0.3, -0.25) is 5.32 Å². The van der Waals surface area contributed by atoms with Gasteiger partial charge in [-0.15, -0.1) is 0 Å². The fraction of sp³-hybridized carbons (Fsp3) is 0.462. The molecule has 1 aromatic rings. The lowest BCUT2D eigenvalue weighted by Crippen LogP contribution is -2.27. The Morgan fingerprint density at radius 3 is 2.63 bits per heavy atom. The smallest absolute Gasteiger partial charge is 0.412 e. The van der Waals surface area contributed by atoms with Crippen LogP contribution in [-0.2, 0) is 4.74 Å². The highest BCUT2D eigenvalue weighted by Crippen LogP contribution is 2.27. The average molecular weight is 268 g/mol. The molecule has 1 amide bonds. The normalized spacial score (nSPS) is 12.9. The molecule has 1 aromatic carbocycles. The second kappa shape index (κ2) is 5.90. The number of benzene rings is 1. The highest BCUT2D eigenvalue weighted by atomic mass is 16.6. The molecule has 0 unspecified atom stereocenters. The van der Waals surface area contributed by atoms with Crippen LogP contribution in [0.1, 0.15) is 32.4 Å². The van der Waals surface area contributed by atoms with Crippen LogP contribution in [0, 0.1) is 0 Å². The zero-order valence-corrected chi connectivity index (χ0v) is 11.3. The number of amides is 1. The zero-order chi connectivity index (χ0) is 14.6. The van der Waals surface area contributed by atoms with Crippen LogP contribution in [0.4, 0.5) is 10.5 Å². The molecule has 0 aliphatic heterocycles. The van der Waals surface area contributed by atoms with E-state index in [1.165, 1.54) is 18.2 Å². The summed E-state index contributed by atoms with van der Waals surface area (Å²) < 4.78 is 5.07. The van der Waals surface area contributed by atoms with Gasteiger partial charge in [-0.25, -0.2) is 4.79 Å². The first-order valence-corrected chi connectivity index (χ1v) is 5.94. The minimum absolute atomic E-state index is 0.0522. The number of carbonyl (C=O) groups is 1. The van der Waals surface area contributed by atoms with Crippen molar-refractivity contribution in [3.05, 3.63) is 23.8 Å². The lowest BCUT2D eigenvalue weighted by molar-refractivity contribution is 0.0635. The van der Waals surface area contributed by atoms with Crippen molar-refractivity contribution in [2.75, 3.05) is 11.9 Å². The SMILES string of the molecule is CC(C)(C)OC(=O)Nc1cc([C@H](O)CN)ccc1O. The topological polar surface area (TPSA) is 105 Å². The molecule has 0 bridgehead atoms. The van der Waals surface area contributed by atoms with Crippen molar-refractivity contribution < 1.29 is 19.7 Å². The summed E-state index contributed by atoms with van der Waals surface area (Å²) in [7, 11) is 0. The van der Waals surface area contributed by atoms with Crippen molar-refractivity contribution in [2.24, 2.45) is 5.73 Å². The van der Waals surface area contributed by atoms with E-state index in [4.69, 9.17) is 10.5 Å². The number of phenols is 1. The Hall–Kier alpha value is -1.79. The van der Waals surface area contributed by atoms with Crippen LogP contribution in [0.3, 0.4) is 0 Å². The molecule has 0 spiro atoms. The second-order valence-corrected chi connectivity index (χ2v) is 5.15. The standard InChI is InChI=1S/C13H20N2O4/c1-13(2,3)19-12(18)15-9-6-8(11(17)7-14)4-5-10(9)16/h4-6,11,16-17H,7,14H2,1-3H3,(H,15,18)/t11-/m1/s1. The summed E-state index contributed by atoms with van der Waals surface area (Å²) in [6.45, 7) is 5.26. The van der Waals surface area contributed by atoms with Gasteiger partial charge < -0.3 is 20.7 Å². The van der Waals surface area contributed by atoms with Gasteiger partial charge in [0.25, 0.3) is 0 Å². The maximum absolute atomic E-state index is 11.6. The fourth-order valence-corrected chi connectivity index (χ4v) is 1.41. The summed E-state index contributed by atoms with van der Waals surface area (Å²) in [5.41, 5.74) is 5.39. The number of aliphatic hydroxyl groups excluding tert-OH is 1. The summed E-state index contributed by atoms with van der Waals surface area (Å²) >= 11 is 0. The van der Waals surface area contributed by atoms with Gasteiger partial charge in [0, 0.05) is 6.54 Å². The largest absolute Gasteiger partial charge is 0.506 e. The first-order valence-electron chi connectivity index (χ1n) is 5.94. The number of nitrogens with two attached hydrogens (primary N) is 1. The third-order valence-electron chi connectivity index (χ3n) is 2.26. The number of anilines is 1. The van der Waals surface area contributed by atoms with E-state index >= 15 is 0 Å². The highest BCUT2D eigenvalue weighted by molar-refractivity contribution is 5.87. The number of carbonyl (C=O) groups excluding carboxylic acids is 1. The quantitative estimate of drug-likeness (QED) is 0.625. The van der Waals surface area contributed by atoms with Crippen molar-refractivity contribution in [2.45, 2.75) is 32.5 Å². The number of rotatable bonds is 3. The molecule has 0 saturated carbocycles. The van der Waals surface area contributed by atoms with E-state index in [0.717, 1.165) is 0 Å². The highest BCUT2D eigenvalue weighted by Gasteiger charge is 2.18. The van der Waals surface area contributed by atoms with Crippen LogP contribution in [0.5, 0.6) is 5.75 Å². The molecular weight excluding hydrogens is 248 g/mol. The third kappa shape index (κ3) is 4.76. The first kappa shape index (κ1) is 15.3. The zero-order valence-electron chi connectivity index (χ0n) is 11.3. The predicted octanol–water partition coefficient (Wildman–Crippen LogP) is 1.73. The molecule has 6 heteroatoms. The molecule has 0 heterocycles. The van der Waals surface area contributed by atoms with E-state index in [1.54, 1.807) is 20.8 Å². The monoisotopic (exact) mass is 268 g/mol. The molecule has 6 nitrogen and oxygen atoms in total. The Morgan fingerprint density at radius 1 is 1.47 bits per heavy atom. The number of aliphatic hydroxyl groups is 1. The van der Waals surface area contributed by atoms with Gasteiger partial charge in [0.1, 0.15) is 11.4 Å². The minimum atomic E-state index is -0.847. The van der Waals surface area contributed by atoms with Crippen molar-refractivity contribution in [1.82, 2.24) is 0 Å². The number of aromatic hydroxyl groups is 1. The molecule has 0 saturated heterocycles. The number of phenolic OH excluding ortho intramolecular Hbond substituents is 1. The Labute approximate surface area is 112 Å². The Morgan fingerprint density at radius 2 is 2.11 bits per heavy atom. The maximum atomic E-state index is 11.6. The molecule has 0 radical (unpaired) electrons. The number of nitrogens with one attached hydrogen (secondary N) is 1. The van der Waals surface area contributed by atoms with Gasteiger partial charge in [0.05, 0.1) is 11.8 Å². The average Bonchev–Trinajstić information content (AvgIpc) is 2.28. The van der Waals surface area contributed by atoms with Gasteiger partial charge in [0.2, 0.25) is 0 Å².